The van der Waals surface area contributed by atoms with E-state index in [4.69, 9.17) is 15.0 Å². The molecule has 2 aromatic rings. The quantitative estimate of drug-likeness (QED) is 0.835. The average Bonchev–Trinajstić information content (AvgIpc) is 2.85. The molecule has 1 aromatic heterocycles. The summed E-state index contributed by atoms with van der Waals surface area (Å²) >= 11 is 0. The van der Waals surface area contributed by atoms with E-state index in [-0.39, 0.29) is 0 Å². The highest BCUT2D eigenvalue weighted by Crippen LogP contribution is 2.31. The molecule has 4 heteroatoms. The Bertz CT molecular complexity index is 648. The number of hydrogen-bond acceptors (Lipinski definition) is 3. The van der Waals surface area contributed by atoms with Gasteiger partial charge in [-0.25, -0.2) is 4.98 Å². The molecular formula is C16H21N3O. The number of aryl methyl sites for hydroxylation is 1. The van der Waals surface area contributed by atoms with E-state index in [9.17, 15) is 0 Å². The topological polar surface area (TPSA) is 50.8 Å². The van der Waals surface area contributed by atoms with Crippen LogP contribution in [0.5, 0.6) is 0 Å². The lowest BCUT2D eigenvalue weighted by molar-refractivity contribution is -0.0114. The third-order valence-corrected chi connectivity index (χ3v) is 3.92. The molecule has 0 saturated carbocycles. The number of nitriles is 1. The molecule has 1 heterocycles. The minimum absolute atomic E-state index is 0.402. The number of fused-ring (bicyclic) bond motifs is 1. The molecule has 0 amide bonds. The third kappa shape index (κ3) is 2.30. The second kappa shape index (κ2) is 5.64. The molecule has 1 unspecified atom stereocenters. The molecule has 0 aliphatic rings. The summed E-state index contributed by atoms with van der Waals surface area (Å²) in [5.74, 6) is 0.939. The molecule has 0 aliphatic heterocycles. The Hall–Kier alpha value is -1.86. The molecule has 2 rings (SSSR count). The number of methoxy groups -OCH3 is 1. The van der Waals surface area contributed by atoms with Crippen LogP contribution in [-0.4, -0.2) is 16.7 Å². The number of aromatic nitrogens is 2. The number of ether oxygens (including phenoxy) is 1. The number of nitrogens with zero attached hydrogens (tertiary/aromatic N) is 3. The summed E-state index contributed by atoms with van der Waals surface area (Å²) in [6, 6.07) is 7.83. The van der Waals surface area contributed by atoms with Crippen molar-refractivity contribution in [1.29, 1.82) is 5.26 Å². The zero-order valence-corrected chi connectivity index (χ0v) is 12.6. The van der Waals surface area contributed by atoms with Crippen LogP contribution in [0.2, 0.25) is 0 Å². The van der Waals surface area contributed by atoms with Crippen molar-refractivity contribution in [3.05, 3.63) is 29.6 Å². The maximum absolute atomic E-state index is 9.02. The van der Waals surface area contributed by atoms with Crippen LogP contribution >= 0.6 is 0 Å². The second-order valence-corrected chi connectivity index (χ2v) is 5.19. The van der Waals surface area contributed by atoms with Gasteiger partial charge in [-0.1, -0.05) is 13.8 Å². The van der Waals surface area contributed by atoms with Crippen molar-refractivity contribution < 1.29 is 4.74 Å². The van der Waals surface area contributed by atoms with Crippen LogP contribution < -0.4 is 0 Å². The van der Waals surface area contributed by atoms with Gasteiger partial charge in [0.2, 0.25) is 0 Å². The summed E-state index contributed by atoms with van der Waals surface area (Å²) in [5.41, 5.74) is 2.17. The van der Waals surface area contributed by atoms with Gasteiger partial charge in [-0.3, -0.25) is 0 Å². The lowest BCUT2D eigenvalue weighted by Gasteiger charge is -2.27. The minimum Gasteiger partial charge on any atom is -0.371 e. The largest absolute Gasteiger partial charge is 0.371 e. The van der Waals surface area contributed by atoms with E-state index >= 15 is 0 Å². The van der Waals surface area contributed by atoms with Gasteiger partial charge < -0.3 is 9.30 Å². The number of imidazole rings is 1. The standard InChI is InChI=1S/C16H21N3O/c1-5-9-19-14-8-7-12(11-17)10-13(14)18-15(19)16(3,6-2)20-4/h7-8,10H,5-6,9H2,1-4H3. The van der Waals surface area contributed by atoms with Gasteiger partial charge in [0, 0.05) is 13.7 Å². The Kier molecular flexibility index (Phi) is 4.10. The molecule has 0 N–H and O–H groups in total. The highest BCUT2D eigenvalue weighted by atomic mass is 16.5. The van der Waals surface area contributed by atoms with Crippen molar-refractivity contribution in [2.75, 3.05) is 7.11 Å². The highest BCUT2D eigenvalue weighted by molar-refractivity contribution is 5.78. The van der Waals surface area contributed by atoms with Gasteiger partial charge in [0.25, 0.3) is 0 Å². The molecule has 106 valence electrons. The van der Waals surface area contributed by atoms with E-state index < -0.39 is 5.60 Å². The van der Waals surface area contributed by atoms with E-state index in [1.807, 2.05) is 18.2 Å². The van der Waals surface area contributed by atoms with E-state index in [0.29, 0.717) is 5.56 Å². The summed E-state index contributed by atoms with van der Waals surface area (Å²) < 4.78 is 7.91. The van der Waals surface area contributed by atoms with Crippen LogP contribution in [0.3, 0.4) is 0 Å². The van der Waals surface area contributed by atoms with Gasteiger partial charge in [0.1, 0.15) is 11.4 Å². The van der Waals surface area contributed by atoms with Crippen molar-refractivity contribution >= 4 is 11.0 Å². The van der Waals surface area contributed by atoms with Crippen molar-refractivity contribution in [1.82, 2.24) is 9.55 Å². The highest BCUT2D eigenvalue weighted by Gasteiger charge is 2.30. The van der Waals surface area contributed by atoms with Gasteiger partial charge in [-0.2, -0.15) is 5.26 Å². The normalized spacial score (nSPS) is 14.2. The summed E-state index contributed by atoms with van der Waals surface area (Å²) in [6.45, 7) is 7.21. The molecule has 0 aliphatic carbocycles. The fourth-order valence-electron chi connectivity index (χ4n) is 2.45. The minimum atomic E-state index is -0.402. The monoisotopic (exact) mass is 271 g/mol. The zero-order chi connectivity index (χ0) is 14.8. The molecule has 0 fully saturated rings. The molecule has 0 radical (unpaired) electrons. The Balaban J connectivity index is 2.70. The maximum Gasteiger partial charge on any atom is 0.141 e. The van der Waals surface area contributed by atoms with Crippen molar-refractivity contribution in [3.63, 3.8) is 0 Å². The number of rotatable bonds is 5. The first kappa shape index (κ1) is 14.5. The number of hydrogen-bond donors (Lipinski definition) is 0. The van der Waals surface area contributed by atoms with Gasteiger partial charge >= 0.3 is 0 Å². The first-order valence-corrected chi connectivity index (χ1v) is 7.05. The molecule has 20 heavy (non-hydrogen) atoms. The number of benzene rings is 1. The molecule has 1 aromatic carbocycles. The van der Waals surface area contributed by atoms with Crippen LogP contribution in [0, 0.1) is 11.3 Å². The first-order chi connectivity index (χ1) is 9.59. The summed E-state index contributed by atoms with van der Waals surface area (Å²) in [5, 5.41) is 9.02. The van der Waals surface area contributed by atoms with Crippen molar-refractivity contribution in [2.24, 2.45) is 0 Å². The van der Waals surface area contributed by atoms with E-state index in [1.54, 1.807) is 7.11 Å². The average molecular weight is 271 g/mol. The van der Waals surface area contributed by atoms with Crippen molar-refractivity contribution in [3.8, 4) is 6.07 Å². The lowest BCUT2D eigenvalue weighted by atomic mass is 10.0. The van der Waals surface area contributed by atoms with Gasteiger partial charge in [0.15, 0.2) is 0 Å². The van der Waals surface area contributed by atoms with Gasteiger partial charge in [-0.05, 0) is 38.0 Å². The molecule has 1 atom stereocenters. The predicted octanol–water partition coefficient (Wildman–Crippen LogP) is 3.59. The maximum atomic E-state index is 9.02. The van der Waals surface area contributed by atoms with E-state index in [0.717, 1.165) is 36.2 Å². The Morgan fingerprint density at radius 3 is 2.70 bits per heavy atom. The summed E-state index contributed by atoms with van der Waals surface area (Å²) in [6.07, 6.45) is 1.88. The Morgan fingerprint density at radius 2 is 2.15 bits per heavy atom. The lowest BCUT2D eigenvalue weighted by Crippen LogP contribution is -2.28. The molecule has 0 spiro atoms. The van der Waals surface area contributed by atoms with Crippen LogP contribution in [0.4, 0.5) is 0 Å². The van der Waals surface area contributed by atoms with Gasteiger partial charge in [0.05, 0.1) is 22.7 Å². The van der Waals surface area contributed by atoms with Crippen LogP contribution in [0.1, 0.15) is 45.0 Å². The first-order valence-electron chi connectivity index (χ1n) is 7.05. The SMILES string of the molecule is CCCn1c(C(C)(CC)OC)nc2cc(C#N)ccc21. The van der Waals surface area contributed by atoms with E-state index in [1.165, 1.54) is 0 Å². The van der Waals surface area contributed by atoms with E-state index in [2.05, 4.69) is 31.4 Å². The Morgan fingerprint density at radius 1 is 1.40 bits per heavy atom. The third-order valence-electron chi connectivity index (χ3n) is 3.92. The smallest absolute Gasteiger partial charge is 0.141 e. The zero-order valence-electron chi connectivity index (χ0n) is 12.6. The molecule has 4 nitrogen and oxygen atoms in total. The molecule has 0 saturated heterocycles. The fraction of sp³-hybridized carbons (Fsp3) is 0.500. The summed E-state index contributed by atoms with van der Waals surface area (Å²) in [7, 11) is 1.72. The van der Waals surface area contributed by atoms with Crippen LogP contribution in [-0.2, 0) is 16.9 Å². The second-order valence-electron chi connectivity index (χ2n) is 5.19. The molecular weight excluding hydrogens is 250 g/mol. The van der Waals surface area contributed by atoms with Crippen LogP contribution in [0.25, 0.3) is 11.0 Å². The van der Waals surface area contributed by atoms with Gasteiger partial charge in [-0.15, -0.1) is 0 Å². The Labute approximate surface area is 120 Å². The van der Waals surface area contributed by atoms with Crippen LogP contribution in [0.15, 0.2) is 18.2 Å². The predicted molar refractivity (Wildman–Crippen MR) is 79.4 cm³/mol. The fourth-order valence-corrected chi connectivity index (χ4v) is 2.45. The van der Waals surface area contributed by atoms with Crippen molar-refractivity contribution in [2.45, 2.75) is 45.8 Å². The summed E-state index contributed by atoms with van der Waals surface area (Å²) in [4.78, 5) is 4.74. The molecule has 0 bridgehead atoms.